The van der Waals surface area contributed by atoms with Crippen LogP contribution < -0.4 is 24.4 Å². The smallest absolute Gasteiger partial charge is 0.338 e. The fraction of sp³-hybridized carbons (Fsp3) is 0.231. The molecule has 6 rings (SSSR count). The molecule has 1 aliphatic rings. The maximum Gasteiger partial charge on any atom is 0.338 e. The van der Waals surface area contributed by atoms with Gasteiger partial charge < -0.3 is 23.4 Å². The molecule has 0 spiro atoms. The van der Waals surface area contributed by atoms with E-state index in [-0.39, 0.29) is 24.3 Å². The molecule has 0 aliphatic carbocycles. The van der Waals surface area contributed by atoms with E-state index in [4.69, 9.17) is 28.4 Å². The second kappa shape index (κ2) is 15.3. The Balaban J connectivity index is 1.52. The predicted octanol–water partition coefficient (Wildman–Crippen LogP) is 6.17. The highest BCUT2D eigenvalue weighted by Crippen LogP contribution is 2.38. The molecule has 10 nitrogen and oxygen atoms in total. The van der Waals surface area contributed by atoms with Gasteiger partial charge in [0.05, 0.1) is 53.8 Å². The van der Waals surface area contributed by atoms with Crippen LogP contribution in [-0.2, 0) is 14.3 Å². The predicted molar refractivity (Wildman–Crippen MR) is 190 cm³/mol. The fourth-order valence-corrected chi connectivity index (χ4v) is 6.70. The van der Waals surface area contributed by atoms with Crippen molar-refractivity contribution in [2.45, 2.75) is 33.7 Å². The zero-order valence-electron chi connectivity index (χ0n) is 28.1. The molecule has 0 bridgehead atoms. The van der Waals surface area contributed by atoms with Gasteiger partial charge in [-0.15, -0.1) is 0 Å². The van der Waals surface area contributed by atoms with Gasteiger partial charge in [0.25, 0.3) is 5.56 Å². The van der Waals surface area contributed by atoms with Gasteiger partial charge in [0.1, 0.15) is 11.5 Å². The Morgan fingerprint density at radius 3 is 2.26 bits per heavy atom. The highest BCUT2D eigenvalue weighted by molar-refractivity contribution is 7.07. The summed E-state index contributed by atoms with van der Waals surface area (Å²) in [6.45, 7) is 8.48. The van der Waals surface area contributed by atoms with Crippen LogP contribution in [0.15, 0.2) is 105 Å². The van der Waals surface area contributed by atoms with Crippen molar-refractivity contribution in [3.05, 3.63) is 133 Å². The van der Waals surface area contributed by atoms with Gasteiger partial charge in [-0.1, -0.05) is 59.9 Å². The van der Waals surface area contributed by atoms with Gasteiger partial charge in [0.15, 0.2) is 16.3 Å². The monoisotopic (exact) mass is 692 g/mol. The number of carbonyl (C=O) groups excluding carboxylic acids is 2. The van der Waals surface area contributed by atoms with Crippen molar-refractivity contribution in [3.63, 3.8) is 0 Å². The van der Waals surface area contributed by atoms with Crippen LogP contribution in [0.2, 0.25) is 0 Å². The summed E-state index contributed by atoms with van der Waals surface area (Å²) in [7, 11) is 0. The first-order valence-corrected chi connectivity index (χ1v) is 17.2. The normalized spacial score (nSPS) is 14.2. The van der Waals surface area contributed by atoms with E-state index in [1.54, 1.807) is 62.4 Å². The molecule has 0 radical (unpaired) electrons. The minimum Gasteiger partial charge on any atom is -0.490 e. The Morgan fingerprint density at radius 2 is 1.52 bits per heavy atom. The maximum atomic E-state index is 14.4. The fourth-order valence-electron chi connectivity index (χ4n) is 5.72. The topological polar surface area (TPSA) is 119 Å². The van der Waals surface area contributed by atoms with E-state index in [0.29, 0.717) is 73.5 Å². The number of furan rings is 1. The second-order valence-electron chi connectivity index (χ2n) is 11.0. The number of thiazole rings is 1. The van der Waals surface area contributed by atoms with Crippen molar-refractivity contribution < 1.29 is 33.0 Å². The van der Waals surface area contributed by atoms with E-state index >= 15 is 0 Å². The van der Waals surface area contributed by atoms with Gasteiger partial charge in [-0.2, -0.15) is 0 Å². The molecule has 256 valence electrons. The first kappa shape index (κ1) is 34.2. The molecule has 3 aromatic carbocycles. The van der Waals surface area contributed by atoms with Crippen molar-refractivity contribution in [2.75, 3.05) is 26.4 Å². The van der Waals surface area contributed by atoms with Crippen LogP contribution in [0.1, 0.15) is 61.0 Å². The number of hydrogen-bond acceptors (Lipinski definition) is 10. The molecular formula is C39H36N2O8S. The Hall–Kier alpha value is -5.68. The lowest BCUT2D eigenvalue weighted by Gasteiger charge is -2.26. The van der Waals surface area contributed by atoms with Crippen molar-refractivity contribution >= 4 is 35.0 Å². The van der Waals surface area contributed by atoms with E-state index in [0.717, 1.165) is 0 Å². The van der Waals surface area contributed by atoms with Crippen LogP contribution in [0.4, 0.5) is 0 Å². The van der Waals surface area contributed by atoms with Gasteiger partial charge in [-0.25, -0.2) is 14.6 Å². The number of nitrogens with zero attached hydrogens (tertiary/aromatic N) is 2. The highest BCUT2D eigenvalue weighted by Gasteiger charge is 2.35. The molecule has 3 heterocycles. The first-order chi connectivity index (χ1) is 24.4. The van der Waals surface area contributed by atoms with Gasteiger partial charge in [0.2, 0.25) is 0 Å². The SMILES string of the molecule is CCOC(=O)C1=C(c2ccccc2)N=c2s/c(=C/c3ccc(-c4cccc(C(=O)OCC)c4)o3)c(=O)n2[C@@H]1c1ccc(OCC)c(OCC)c1. The zero-order chi connectivity index (χ0) is 35.2. The third-order valence-corrected chi connectivity index (χ3v) is 8.80. The van der Waals surface area contributed by atoms with E-state index in [9.17, 15) is 14.4 Å². The lowest BCUT2D eigenvalue weighted by atomic mass is 9.93. The minimum absolute atomic E-state index is 0.137. The van der Waals surface area contributed by atoms with Crippen molar-refractivity contribution in [3.8, 4) is 22.8 Å². The number of hydrogen-bond donors (Lipinski definition) is 0. The number of ether oxygens (including phenoxy) is 4. The van der Waals surface area contributed by atoms with E-state index in [1.165, 1.54) is 15.9 Å². The minimum atomic E-state index is -0.893. The Kier molecular flexibility index (Phi) is 10.4. The molecule has 11 heteroatoms. The van der Waals surface area contributed by atoms with Crippen molar-refractivity contribution in [1.29, 1.82) is 0 Å². The third kappa shape index (κ3) is 6.90. The summed E-state index contributed by atoms with van der Waals surface area (Å²) in [6.07, 6.45) is 1.65. The van der Waals surface area contributed by atoms with Crippen LogP contribution in [-0.4, -0.2) is 42.9 Å². The number of esters is 2. The number of carbonyl (C=O) groups is 2. The number of aromatic nitrogens is 1. The Bertz CT molecular complexity index is 2250. The molecule has 0 N–H and O–H groups in total. The average Bonchev–Trinajstić information content (AvgIpc) is 3.73. The number of benzene rings is 3. The maximum absolute atomic E-state index is 14.4. The highest BCUT2D eigenvalue weighted by atomic mass is 32.1. The molecular weight excluding hydrogens is 657 g/mol. The quantitative estimate of drug-likeness (QED) is 0.143. The standard InChI is InChI=1S/C39H36N2O8S/c1-5-45-30-19-17-26(22-31(30)46-6-2)35-33(38(44)48-8-4)34(24-13-10-9-11-14-24)40-39-41(35)36(42)32(50-39)23-28-18-20-29(49-28)25-15-12-16-27(21-25)37(43)47-7-3/h9-23,35H,5-8H2,1-4H3/b32-23+/t35-/m1/s1. The van der Waals surface area contributed by atoms with Crippen LogP contribution in [0, 0.1) is 0 Å². The van der Waals surface area contributed by atoms with E-state index in [1.807, 2.05) is 56.3 Å². The summed E-state index contributed by atoms with van der Waals surface area (Å²) in [5, 5.41) is 0. The number of rotatable bonds is 12. The summed E-state index contributed by atoms with van der Waals surface area (Å²) in [6, 6.07) is 24.4. The van der Waals surface area contributed by atoms with Crippen molar-refractivity contribution in [2.24, 2.45) is 4.99 Å². The molecule has 0 fully saturated rings. The molecule has 0 saturated carbocycles. The summed E-state index contributed by atoms with van der Waals surface area (Å²) >= 11 is 1.19. The van der Waals surface area contributed by atoms with Gasteiger partial charge in [-0.3, -0.25) is 9.36 Å². The molecule has 0 unspecified atom stereocenters. The van der Waals surface area contributed by atoms with Crippen LogP contribution in [0.25, 0.3) is 23.1 Å². The third-order valence-electron chi connectivity index (χ3n) is 7.82. The summed E-state index contributed by atoms with van der Waals surface area (Å²) < 4.78 is 30.5. The summed E-state index contributed by atoms with van der Waals surface area (Å²) in [5.41, 5.74) is 2.70. The van der Waals surface area contributed by atoms with Gasteiger partial charge >= 0.3 is 11.9 Å². The second-order valence-corrected chi connectivity index (χ2v) is 12.0. The molecule has 1 atom stereocenters. The van der Waals surface area contributed by atoms with Crippen LogP contribution >= 0.6 is 11.3 Å². The first-order valence-electron chi connectivity index (χ1n) is 16.4. The molecule has 1 aliphatic heterocycles. The molecule has 0 saturated heterocycles. The largest absolute Gasteiger partial charge is 0.490 e. The summed E-state index contributed by atoms with van der Waals surface area (Å²) in [5.74, 6) is 0.983. The molecule has 0 amide bonds. The van der Waals surface area contributed by atoms with E-state index in [2.05, 4.69) is 0 Å². The molecule has 5 aromatic rings. The summed E-state index contributed by atoms with van der Waals surface area (Å²) in [4.78, 5) is 45.8. The van der Waals surface area contributed by atoms with Gasteiger partial charge in [0, 0.05) is 17.2 Å². The lowest BCUT2D eigenvalue weighted by molar-refractivity contribution is -0.138. The lowest BCUT2D eigenvalue weighted by Crippen LogP contribution is -2.40. The average molecular weight is 693 g/mol. The van der Waals surface area contributed by atoms with Crippen LogP contribution in [0.3, 0.4) is 0 Å². The number of fused-ring (bicyclic) bond motifs is 1. The molecule has 50 heavy (non-hydrogen) atoms. The van der Waals surface area contributed by atoms with Crippen LogP contribution in [0.5, 0.6) is 11.5 Å². The van der Waals surface area contributed by atoms with E-state index < -0.39 is 18.0 Å². The van der Waals surface area contributed by atoms with Crippen molar-refractivity contribution in [1.82, 2.24) is 4.57 Å². The van der Waals surface area contributed by atoms with Gasteiger partial charge in [-0.05, 0) is 69.7 Å². The Labute approximate surface area is 292 Å². The zero-order valence-corrected chi connectivity index (χ0v) is 29.0. The molecule has 2 aromatic heterocycles. The Morgan fingerprint density at radius 1 is 0.800 bits per heavy atom.